The molecule has 2 aromatic rings. The Kier molecular flexibility index (Phi) is 2.38. The van der Waals surface area contributed by atoms with Crippen LogP contribution in [0.15, 0.2) is 29.8 Å². The molecule has 1 aliphatic rings. The SMILES string of the molecule is NCC1Cc2cccc(-c3nccs3)c2O1. The van der Waals surface area contributed by atoms with Gasteiger partial charge in [-0.1, -0.05) is 12.1 Å². The van der Waals surface area contributed by atoms with Crippen LogP contribution in [0.5, 0.6) is 5.75 Å². The number of aromatic nitrogens is 1. The van der Waals surface area contributed by atoms with Gasteiger partial charge in [-0.15, -0.1) is 11.3 Å². The second-order valence-corrected chi connectivity index (χ2v) is 4.71. The molecule has 3 nitrogen and oxygen atoms in total. The Morgan fingerprint density at radius 1 is 1.50 bits per heavy atom. The van der Waals surface area contributed by atoms with E-state index in [0.717, 1.165) is 22.7 Å². The molecule has 82 valence electrons. The van der Waals surface area contributed by atoms with Gasteiger partial charge >= 0.3 is 0 Å². The van der Waals surface area contributed by atoms with E-state index in [-0.39, 0.29) is 6.10 Å². The Morgan fingerprint density at radius 3 is 3.19 bits per heavy atom. The minimum atomic E-state index is 0.121. The van der Waals surface area contributed by atoms with Gasteiger partial charge in [0.2, 0.25) is 0 Å². The van der Waals surface area contributed by atoms with Crippen molar-refractivity contribution in [2.75, 3.05) is 6.54 Å². The quantitative estimate of drug-likeness (QED) is 0.862. The Hall–Kier alpha value is -1.39. The van der Waals surface area contributed by atoms with E-state index in [2.05, 4.69) is 23.2 Å². The zero-order chi connectivity index (χ0) is 11.0. The molecule has 0 spiro atoms. The summed E-state index contributed by atoms with van der Waals surface area (Å²) in [6.45, 7) is 0.561. The van der Waals surface area contributed by atoms with Crippen LogP contribution < -0.4 is 10.5 Å². The fourth-order valence-corrected chi connectivity index (χ4v) is 2.65. The third-order valence-corrected chi connectivity index (χ3v) is 3.56. The van der Waals surface area contributed by atoms with Gasteiger partial charge in [0.1, 0.15) is 16.9 Å². The van der Waals surface area contributed by atoms with Gasteiger partial charge in [0.25, 0.3) is 0 Å². The molecule has 4 heteroatoms. The first-order chi connectivity index (χ1) is 7.88. The van der Waals surface area contributed by atoms with E-state index in [9.17, 15) is 0 Å². The molecule has 1 unspecified atom stereocenters. The van der Waals surface area contributed by atoms with Crippen molar-refractivity contribution in [3.05, 3.63) is 35.3 Å². The summed E-state index contributed by atoms with van der Waals surface area (Å²) < 4.78 is 5.85. The van der Waals surface area contributed by atoms with Crippen LogP contribution >= 0.6 is 11.3 Å². The maximum Gasteiger partial charge on any atom is 0.133 e. The molecule has 1 atom stereocenters. The van der Waals surface area contributed by atoms with E-state index >= 15 is 0 Å². The molecule has 0 saturated carbocycles. The summed E-state index contributed by atoms with van der Waals surface area (Å²) >= 11 is 1.63. The number of thiazole rings is 1. The second kappa shape index (κ2) is 3.88. The van der Waals surface area contributed by atoms with Crippen LogP contribution in [-0.4, -0.2) is 17.6 Å². The summed E-state index contributed by atoms with van der Waals surface area (Å²) in [6, 6.07) is 6.20. The molecule has 1 aliphatic heterocycles. The standard InChI is InChI=1S/C12H12N2OS/c13-7-9-6-8-2-1-3-10(11(8)15-9)12-14-4-5-16-12/h1-5,9H,6-7,13H2. The van der Waals surface area contributed by atoms with Crippen LogP contribution in [-0.2, 0) is 6.42 Å². The molecule has 0 bridgehead atoms. The third kappa shape index (κ3) is 1.50. The number of nitrogens with two attached hydrogens (primary N) is 1. The molecule has 2 heterocycles. The molecular formula is C12H12N2OS. The van der Waals surface area contributed by atoms with Crippen LogP contribution in [0.4, 0.5) is 0 Å². The number of hydrogen-bond donors (Lipinski definition) is 1. The van der Waals surface area contributed by atoms with E-state index in [0.29, 0.717) is 6.54 Å². The maximum atomic E-state index is 5.85. The Labute approximate surface area is 97.9 Å². The summed E-state index contributed by atoms with van der Waals surface area (Å²) in [4.78, 5) is 4.32. The number of hydrogen-bond acceptors (Lipinski definition) is 4. The van der Waals surface area contributed by atoms with Gasteiger partial charge in [0, 0.05) is 24.5 Å². The zero-order valence-corrected chi connectivity index (χ0v) is 9.54. The largest absolute Gasteiger partial charge is 0.488 e. The molecule has 16 heavy (non-hydrogen) atoms. The lowest BCUT2D eigenvalue weighted by Crippen LogP contribution is -2.24. The predicted octanol–water partition coefficient (Wildman–Crippen LogP) is 2.07. The van der Waals surface area contributed by atoms with Gasteiger partial charge < -0.3 is 10.5 Å². The van der Waals surface area contributed by atoms with Crippen molar-refractivity contribution in [2.45, 2.75) is 12.5 Å². The monoisotopic (exact) mass is 232 g/mol. The van der Waals surface area contributed by atoms with Crippen molar-refractivity contribution in [1.29, 1.82) is 0 Å². The van der Waals surface area contributed by atoms with E-state index < -0.39 is 0 Å². The molecule has 0 amide bonds. The molecular weight excluding hydrogens is 220 g/mol. The van der Waals surface area contributed by atoms with E-state index in [1.807, 2.05) is 11.6 Å². The average molecular weight is 232 g/mol. The van der Waals surface area contributed by atoms with Crippen LogP contribution in [0.2, 0.25) is 0 Å². The molecule has 0 aliphatic carbocycles. The van der Waals surface area contributed by atoms with Gasteiger partial charge in [-0.2, -0.15) is 0 Å². The highest BCUT2D eigenvalue weighted by Crippen LogP contribution is 2.39. The summed E-state index contributed by atoms with van der Waals surface area (Å²) in [5, 5.41) is 2.99. The highest BCUT2D eigenvalue weighted by molar-refractivity contribution is 7.13. The first kappa shape index (κ1) is 9.81. The van der Waals surface area contributed by atoms with Crippen LogP contribution in [0.25, 0.3) is 10.6 Å². The van der Waals surface area contributed by atoms with Gasteiger partial charge in [-0.25, -0.2) is 4.98 Å². The Morgan fingerprint density at radius 2 is 2.44 bits per heavy atom. The maximum absolute atomic E-state index is 5.85. The lowest BCUT2D eigenvalue weighted by atomic mass is 10.1. The minimum absolute atomic E-state index is 0.121. The summed E-state index contributed by atoms with van der Waals surface area (Å²) in [5.41, 5.74) is 7.97. The first-order valence-electron chi connectivity index (χ1n) is 5.27. The van der Waals surface area contributed by atoms with Crippen molar-refractivity contribution in [3.63, 3.8) is 0 Å². The fourth-order valence-electron chi connectivity index (χ4n) is 1.99. The third-order valence-electron chi connectivity index (χ3n) is 2.75. The smallest absolute Gasteiger partial charge is 0.133 e. The second-order valence-electron chi connectivity index (χ2n) is 3.81. The number of rotatable bonds is 2. The number of para-hydroxylation sites is 1. The summed E-state index contributed by atoms with van der Waals surface area (Å²) in [7, 11) is 0. The first-order valence-corrected chi connectivity index (χ1v) is 6.15. The lowest BCUT2D eigenvalue weighted by Gasteiger charge is -2.08. The number of fused-ring (bicyclic) bond motifs is 1. The minimum Gasteiger partial charge on any atom is -0.488 e. The molecule has 1 aromatic carbocycles. The van der Waals surface area contributed by atoms with Crippen molar-refractivity contribution in [2.24, 2.45) is 5.73 Å². The Bertz CT molecular complexity index is 496. The molecule has 0 fully saturated rings. The molecule has 1 aromatic heterocycles. The van der Waals surface area contributed by atoms with Gasteiger partial charge in [0.05, 0.1) is 5.56 Å². The average Bonchev–Trinajstić information content (AvgIpc) is 2.97. The number of nitrogens with zero attached hydrogens (tertiary/aromatic N) is 1. The molecule has 3 rings (SSSR count). The molecule has 2 N–H and O–H groups in total. The lowest BCUT2D eigenvalue weighted by molar-refractivity contribution is 0.242. The van der Waals surface area contributed by atoms with E-state index in [1.54, 1.807) is 11.3 Å². The van der Waals surface area contributed by atoms with E-state index in [4.69, 9.17) is 10.5 Å². The van der Waals surface area contributed by atoms with Gasteiger partial charge in [-0.3, -0.25) is 0 Å². The highest BCUT2D eigenvalue weighted by Gasteiger charge is 2.25. The normalized spacial score (nSPS) is 18.2. The fraction of sp³-hybridized carbons (Fsp3) is 0.250. The molecule has 0 radical (unpaired) electrons. The van der Waals surface area contributed by atoms with Gasteiger partial charge in [0.15, 0.2) is 0 Å². The summed E-state index contributed by atoms with van der Waals surface area (Å²) in [6.07, 6.45) is 2.84. The van der Waals surface area contributed by atoms with Crippen LogP contribution in [0, 0.1) is 0 Å². The predicted molar refractivity (Wildman–Crippen MR) is 64.7 cm³/mol. The van der Waals surface area contributed by atoms with Crippen LogP contribution in [0.3, 0.4) is 0 Å². The van der Waals surface area contributed by atoms with Crippen molar-refractivity contribution >= 4 is 11.3 Å². The zero-order valence-electron chi connectivity index (χ0n) is 8.72. The van der Waals surface area contributed by atoms with E-state index in [1.165, 1.54) is 5.56 Å². The highest BCUT2D eigenvalue weighted by atomic mass is 32.1. The topological polar surface area (TPSA) is 48.1 Å². The van der Waals surface area contributed by atoms with Crippen molar-refractivity contribution in [3.8, 4) is 16.3 Å². The van der Waals surface area contributed by atoms with Crippen LogP contribution in [0.1, 0.15) is 5.56 Å². The van der Waals surface area contributed by atoms with Crippen molar-refractivity contribution < 1.29 is 4.74 Å². The Balaban J connectivity index is 2.07. The van der Waals surface area contributed by atoms with Crippen molar-refractivity contribution in [1.82, 2.24) is 4.98 Å². The van der Waals surface area contributed by atoms with Gasteiger partial charge in [-0.05, 0) is 11.6 Å². The summed E-state index contributed by atoms with van der Waals surface area (Å²) in [5.74, 6) is 0.966. The number of ether oxygens (including phenoxy) is 1. The number of benzene rings is 1. The molecule has 0 saturated heterocycles.